The third kappa shape index (κ3) is 2.85. The maximum absolute atomic E-state index is 12.0. The Morgan fingerprint density at radius 3 is 2.27 bits per heavy atom. The molecule has 6 nitrogen and oxygen atoms in total. The molecule has 0 saturated carbocycles. The third-order valence-electron chi connectivity index (χ3n) is 3.23. The van der Waals surface area contributed by atoms with Gasteiger partial charge in [-0.05, 0) is 30.3 Å². The van der Waals surface area contributed by atoms with E-state index in [-0.39, 0.29) is 18.9 Å². The molecular weight excluding hydrogens is 282 g/mol. The number of rotatable bonds is 4. The summed E-state index contributed by atoms with van der Waals surface area (Å²) < 4.78 is 0. The lowest BCUT2D eigenvalue weighted by molar-refractivity contribution is -0.136. The van der Waals surface area contributed by atoms with Crippen LogP contribution < -0.4 is 5.32 Å². The molecule has 0 fully saturated rings. The minimum Gasteiger partial charge on any atom is -0.481 e. The highest BCUT2D eigenvalue weighted by atomic mass is 16.4. The number of fused-ring (bicyclic) bond motifs is 2. The Kier molecular flexibility index (Phi) is 3.65. The topological polar surface area (TPSA) is 92.2 Å². The number of nitrogens with one attached hydrogen (secondary N) is 1. The molecule has 0 unspecified atom stereocenters. The molecule has 0 atom stereocenters. The summed E-state index contributed by atoms with van der Waals surface area (Å²) in [5, 5.41) is 11.1. The van der Waals surface area contributed by atoms with Gasteiger partial charge in [-0.3, -0.25) is 9.59 Å². The van der Waals surface area contributed by atoms with E-state index in [1.807, 2.05) is 24.3 Å². The van der Waals surface area contributed by atoms with Crippen molar-refractivity contribution in [1.29, 1.82) is 0 Å². The molecule has 1 heterocycles. The monoisotopic (exact) mass is 295 g/mol. The Labute approximate surface area is 125 Å². The van der Waals surface area contributed by atoms with Crippen molar-refractivity contribution in [2.24, 2.45) is 0 Å². The predicted molar refractivity (Wildman–Crippen MR) is 81.6 cm³/mol. The summed E-state index contributed by atoms with van der Waals surface area (Å²) in [4.78, 5) is 31.4. The van der Waals surface area contributed by atoms with Crippen molar-refractivity contribution in [1.82, 2.24) is 15.3 Å². The molecule has 0 aliphatic heterocycles. The van der Waals surface area contributed by atoms with E-state index in [0.717, 1.165) is 11.0 Å². The van der Waals surface area contributed by atoms with Crippen LogP contribution in [-0.2, 0) is 4.79 Å². The van der Waals surface area contributed by atoms with E-state index < -0.39 is 5.97 Å². The molecule has 110 valence electrons. The maximum atomic E-state index is 12.0. The van der Waals surface area contributed by atoms with Crippen molar-refractivity contribution < 1.29 is 14.7 Å². The second-order valence-electron chi connectivity index (χ2n) is 4.82. The summed E-state index contributed by atoms with van der Waals surface area (Å²) in [6, 6.07) is 12.6. The Balaban J connectivity index is 1.90. The highest BCUT2D eigenvalue weighted by Gasteiger charge is 2.08. The Morgan fingerprint density at radius 2 is 1.59 bits per heavy atom. The molecule has 1 amide bonds. The first-order chi connectivity index (χ1) is 10.6. The largest absolute Gasteiger partial charge is 0.481 e. The minimum absolute atomic E-state index is 0.0929. The summed E-state index contributed by atoms with van der Waals surface area (Å²) in [6.45, 7) is 0.0929. The van der Waals surface area contributed by atoms with E-state index in [1.165, 1.54) is 0 Å². The van der Waals surface area contributed by atoms with Crippen molar-refractivity contribution >= 4 is 33.9 Å². The number of amides is 1. The van der Waals surface area contributed by atoms with Gasteiger partial charge in [0.2, 0.25) is 0 Å². The SMILES string of the molecule is O=C(O)CCNC(=O)c1ccc2nc3ccccc3nc2c1. The molecule has 6 heteroatoms. The van der Waals surface area contributed by atoms with E-state index in [9.17, 15) is 9.59 Å². The van der Waals surface area contributed by atoms with Crippen molar-refractivity contribution in [3.05, 3.63) is 48.0 Å². The fraction of sp³-hybridized carbons (Fsp3) is 0.125. The van der Waals surface area contributed by atoms with Crippen LogP contribution in [0.5, 0.6) is 0 Å². The third-order valence-corrected chi connectivity index (χ3v) is 3.23. The molecule has 2 N–H and O–H groups in total. The van der Waals surface area contributed by atoms with Crippen LogP contribution in [0, 0.1) is 0 Å². The Morgan fingerprint density at radius 1 is 0.955 bits per heavy atom. The van der Waals surface area contributed by atoms with Crippen LogP contribution in [0.3, 0.4) is 0 Å². The fourth-order valence-corrected chi connectivity index (χ4v) is 2.15. The minimum atomic E-state index is -0.948. The zero-order valence-electron chi connectivity index (χ0n) is 11.6. The van der Waals surface area contributed by atoms with Crippen LogP contribution in [0.15, 0.2) is 42.5 Å². The maximum Gasteiger partial charge on any atom is 0.305 e. The molecule has 22 heavy (non-hydrogen) atoms. The second kappa shape index (κ2) is 5.77. The average molecular weight is 295 g/mol. The molecule has 2 aromatic carbocycles. The van der Waals surface area contributed by atoms with Crippen LogP contribution in [0.2, 0.25) is 0 Å². The Hall–Kier alpha value is -3.02. The lowest BCUT2D eigenvalue weighted by Gasteiger charge is -2.05. The fourth-order valence-electron chi connectivity index (χ4n) is 2.15. The molecule has 3 rings (SSSR count). The van der Waals surface area contributed by atoms with Gasteiger partial charge in [-0.1, -0.05) is 12.1 Å². The molecule has 0 aliphatic rings. The van der Waals surface area contributed by atoms with Crippen LogP contribution in [-0.4, -0.2) is 33.5 Å². The number of aliphatic carboxylic acids is 1. The number of aromatic nitrogens is 2. The van der Waals surface area contributed by atoms with Gasteiger partial charge in [0.05, 0.1) is 28.5 Å². The number of hydrogen-bond acceptors (Lipinski definition) is 4. The van der Waals surface area contributed by atoms with Gasteiger partial charge in [-0.15, -0.1) is 0 Å². The first-order valence-electron chi connectivity index (χ1n) is 6.80. The van der Waals surface area contributed by atoms with Gasteiger partial charge >= 0.3 is 5.97 Å². The quantitative estimate of drug-likeness (QED) is 0.718. The van der Waals surface area contributed by atoms with Crippen LogP contribution in [0.25, 0.3) is 22.1 Å². The van der Waals surface area contributed by atoms with Crippen LogP contribution in [0.4, 0.5) is 0 Å². The molecule has 3 aromatic rings. The number of hydrogen-bond donors (Lipinski definition) is 2. The summed E-state index contributed by atoms with van der Waals surface area (Å²) in [5.41, 5.74) is 3.33. The highest BCUT2D eigenvalue weighted by molar-refractivity contribution is 5.98. The second-order valence-corrected chi connectivity index (χ2v) is 4.82. The van der Waals surface area contributed by atoms with E-state index in [1.54, 1.807) is 18.2 Å². The smallest absolute Gasteiger partial charge is 0.305 e. The van der Waals surface area contributed by atoms with Gasteiger partial charge in [-0.2, -0.15) is 0 Å². The van der Waals surface area contributed by atoms with Gasteiger partial charge in [0.1, 0.15) is 0 Å². The number of carbonyl (C=O) groups is 2. The van der Waals surface area contributed by atoms with E-state index >= 15 is 0 Å². The first-order valence-corrected chi connectivity index (χ1v) is 6.80. The van der Waals surface area contributed by atoms with E-state index in [4.69, 9.17) is 5.11 Å². The molecule has 1 aromatic heterocycles. The van der Waals surface area contributed by atoms with Crippen LogP contribution in [0.1, 0.15) is 16.8 Å². The van der Waals surface area contributed by atoms with Gasteiger partial charge < -0.3 is 10.4 Å². The van der Waals surface area contributed by atoms with Gasteiger partial charge in [0.25, 0.3) is 5.91 Å². The van der Waals surface area contributed by atoms with E-state index in [2.05, 4.69) is 15.3 Å². The molecule has 0 spiro atoms. The zero-order valence-corrected chi connectivity index (χ0v) is 11.6. The van der Waals surface area contributed by atoms with Crippen molar-refractivity contribution in [2.45, 2.75) is 6.42 Å². The number of benzene rings is 2. The normalized spacial score (nSPS) is 10.7. The predicted octanol–water partition coefficient (Wildman–Crippen LogP) is 1.99. The number of carbonyl (C=O) groups excluding carboxylic acids is 1. The lowest BCUT2D eigenvalue weighted by Crippen LogP contribution is -2.25. The average Bonchev–Trinajstić information content (AvgIpc) is 2.51. The molecular formula is C16H13N3O3. The van der Waals surface area contributed by atoms with Crippen molar-refractivity contribution in [2.75, 3.05) is 6.54 Å². The highest BCUT2D eigenvalue weighted by Crippen LogP contribution is 2.17. The number of carboxylic acids is 1. The zero-order chi connectivity index (χ0) is 15.5. The molecule has 0 radical (unpaired) electrons. The number of nitrogens with zero attached hydrogens (tertiary/aromatic N) is 2. The van der Waals surface area contributed by atoms with Gasteiger partial charge in [0.15, 0.2) is 0 Å². The van der Waals surface area contributed by atoms with Crippen LogP contribution >= 0.6 is 0 Å². The first kappa shape index (κ1) is 13.9. The van der Waals surface area contributed by atoms with E-state index in [0.29, 0.717) is 16.6 Å². The standard InChI is InChI=1S/C16H13N3O3/c20-15(21)7-8-17-16(22)10-5-6-13-14(9-10)19-12-4-2-1-3-11(12)18-13/h1-6,9H,7-8H2,(H,17,22)(H,20,21). The summed E-state index contributed by atoms with van der Waals surface area (Å²) in [6.07, 6.45) is -0.107. The van der Waals surface area contributed by atoms with Crippen molar-refractivity contribution in [3.63, 3.8) is 0 Å². The lowest BCUT2D eigenvalue weighted by atomic mass is 10.1. The summed E-state index contributed by atoms with van der Waals surface area (Å²) in [5.74, 6) is -1.27. The molecule has 0 saturated heterocycles. The van der Waals surface area contributed by atoms with Gasteiger partial charge in [-0.25, -0.2) is 9.97 Å². The Bertz CT molecular complexity index is 877. The summed E-state index contributed by atoms with van der Waals surface area (Å²) in [7, 11) is 0. The number of carboxylic acid groups (broad SMARTS) is 1. The van der Waals surface area contributed by atoms with Gasteiger partial charge in [0, 0.05) is 12.1 Å². The number of para-hydroxylation sites is 2. The molecule has 0 aliphatic carbocycles. The van der Waals surface area contributed by atoms with Crippen molar-refractivity contribution in [3.8, 4) is 0 Å². The summed E-state index contributed by atoms with van der Waals surface area (Å²) >= 11 is 0. The molecule has 0 bridgehead atoms.